The first-order valence-electron chi connectivity index (χ1n) is 9.76. The van der Waals surface area contributed by atoms with E-state index in [0.29, 0.717) is 23.6 Å². The highest BCUT2D eigenvalue weighted by Gasteiger charge is 2.36. The van der Waals surface area contributed by atoms with Gasteiger partial charge in [0.2, 0.25) is 0 Å². The number of aryl methyl sites for hydroxylation is 1. The van der Waals surface area contributed by atoms with Crippen LogP contribution in [0.2, 0.25) is 0 Å². The van der Waals surface area contributed by atoms with Gasteiger partial charge in [-0.2, -0.15) is 0 Å². The van der Waals surface area contributed by atoms with Crippen molar-refractivity contribution in [2.45, 2.75) is 13.5 Å². The molecular weight excluding hydrogens is 392 g/mol. The summed E-state index contributed by atoms with van der Waals surface area (Å²) < 4.78 is 5.84. The zero-order valence-electron chi connectivity index (χ0n) is 16.9. The van der Waals surface area contributed by atoms with Crippen LogP contribution in [0.1, 0.15) is 16.7 Å². The standard InChI is InChI=1S/C25H20N2O4/c1-17-10-12-18(13-11-17)16-31-21-9-5-6-19(14-21)15-22-23(28)26-25(30)27(24(22)29)20-7-3-2-4-8-20/h2-15H,16H2,1H3,(H,26,28,30). The van der Waals surface area contributed by atoms with Crippen LogP contribution in [0.3, 0.4) is 0 Å². The van der Waals surface area contributed by atoms with Crippen LogP contribution in [0.5, 0.6) is 5.75 Å². The Bertz CT molecular complexity index is 1170. The monoisotopic (exact) mass is 412 g/mol. The Balaban J connectivity index is 1.56. The third-order valence-corrected chi connectivity index (χ3v) is 4.81. The maximum absolute atomic E-state index is 12.9. The smallest absolute Gasteiger partial charge is 0.335 e. The molecule has 1 saturated heterocycles. The summed E-state index contributed by atoms with van der Waals surface area (Å²) in [7, 11) is 0. The molecule has 1 fully saturated rings. The third-order valence-electron chi connectivity index (χ3n) is 4.81. The summed E-state index contributed by atoms with van der Waals surface area (Å²) in [5, 5.41) is 2.22. The molecule has 1 aliphatic heterocycles. The summed E-state index contributed by atoms with van der Waals surface area (Å²) in [6.07, 6.45) is 1.46. The zero-order valence-corrected chi connectivity index (χ0v) is 16.9. The SMILES string of the molecule is Cc1ccc(COc2cccc(C=C3C(=O)NC(=O)N(c4ccccc4)C3=O)c2)cc1. The highest BCUT2D eigenvalue weighted by atomic mass is 16.5. The number of ether oxygens (including phenoxy) is 1. The first-order valence-corrected chi connectivity index (χ1v) is 9.76. The highest BCUT2D eigenvalue weighted by Crippen LogP contribution is 2.23. The maximum atomic E-state index is 12.9. The van der Waals surface area contributed by atoms with Gasteiger partial charge in [-0.05, 0) is 48.4 Å². The maximum Gasteiger partial charge on any atom is 0.335 e. The third kappa shape index (κ3) is 4.53. The fraction of sp³-hybridized carbons (Fsp3) is 0.0800. The lowest BCUT2D eigenvalue weighted by Gasteiger charge is -2.26. The number of amides is 4. The van der Waals surface area contributed by atoms with E-state index in [2.05, 4.69) is 5.32 Å². The average Bonchev–Trinajstić information content (AvgIpc) is 2.77. The second-order valence-corrected chi connectivity index (χ2v) is 7.14. The highest BCUT2D eigenvalue weighted by molar-refractivity contribution is 6.39. The quantitative estimate of drug-likeness (QED) is 0.502. The molecule has 0 spiro atoms. The Morgan fingerprint density at radius 3 is 2.39 bits per heavy atom. The van der Waals surface area contributed by atoms with Gasteiger partial charge in [0, 0.05) is 0 Å². The molecule has 0 unspecified atom stereocenters. The van der Waals surface area contributed by atoms with E-state index in [1.807, 2.05) is 31.2 Å². The topological polar surface area (TPSA) is 75.7 Å². The van der Waals surface area contributed by atoms with Crippen molar-refractivity contribution >= 4 is 29.6 Å². The molecule has 154 valence electrons. The number of para-hydroxylation sites is 1. The number of anilines is 1. The number of carbonyl (C=O) groups is 3. The van der Waals surface area contributed by atoms with E-state index in [9.17, 15) is 14.4 Å². The van der Waals surface area contributed by atoms with Crippen LogP contribution in [-0.2, 0) is 16.2 Å². The van der Waals surface area contributed by atoms with Crippen LogP contribution in [0, 0.1) is 6.92 Å². The van der Waals surface area contributed by atoms with E-state index in [4.69, 9.17) is 4.74 Å². The lowest BCUT2D eigenvalue weighted by Crippen LogP contribution is -2.54. The van der Waals surface area contributed by atoms with E-state index >= 15 is 0 Å². The normalized spacial score (nSPS) is 15.2. The number of nitrogens with zero attached hydrogens (tertiary/aromatic N) is 1. The van der Waals surface area contributed by atoms with Gasteiger partial charge in [0.1, 0.15) is 17.9 Å². The van der Waals surface area contributed by atoms with E-state index < -0.39 is 17.8 Å². The molecule has 6 heteroatoms. The van der Waals surface area contributed by atoms with Crippen LogP contribution < -0.4 is 15.0 Å². The zero-order chi connectivity index (χ0) is 21.8. The molecule has 1 aliphatic rings. The predicted octanol–water partition coefficient (Wildman–Crippen LogP) is 4.24. The Labute approximate surface area is 179 Å². The van der Waals surface area contributed by atoms with Crippen LogP contribution in [-0.4, -0.2) is 17.8 Å². The number of benzene rings is 3. The second kappa shape index (κ2) is 8.67. The molecule has 4 amide bonds. The predicted molar refractivity (Wildman–Crippen MR) is 117 cm³/mol. The Morgan fingerprint density at radius 1 is 0.903 bits per heavy atom. The van der Waals surface area contributed by atoms with Gasteiger partial charge in [0.25, 0.3) is 11.8 Å². The minimum Gasteiger partial charge on any atom is -0.489 e. The molecule has 0 atom stereocenters. The Morgan fingerprint density at radius 2 is 1.65 bits per heavy atom. The molecule has 0 radical (unpaired) electrons. The molecule has 1 heterocycles. The van der Waals surface area contributed by atoms with Crippen molar-refractivity contribution in [1.29, 1.82) is 0 Å². The molecule has 0 saturated carbocycles. The number of hydrogen-bond donors (Lipinski definition) is 1. The van der Waals surface area contributed by atoms with E-state index in [1.165, 1.54) is 11.6 Å². The number of carbonyl (C=O) groups excluding carboxylic acids is 3. The minimum absolute atomic E-state index is 0.126. The average molecular weight is 412 g/mol. The largest absolute Gasteiger partial charge is 0.489 e. The van der Waals surface area contributed by atoms with Crippen molar-refractivity contribution < 1.29 is 19.1 Å². The lowest BCUT2D eigenvalue weighted by molar-refractivity contribution is -0.122. The number of barbiturate groups is 1. The van der Waals surface area contributed by atoms with Crippen molar-refractivity contribution in [3.8, 4) is 5.75 Å². The van der Waals surface area contributed by atoms with Gasteiger partial charge < -0.3 is 4.74 Å². The van der Waals surface area contributed by atoms with Gasteiger partial charge in [0.15, 0.2) is 0 Å². The van der Waals surface area contributed by atoms with Gasteiger partial charge in [-0.25, -0.2) is 9.69 Å². The summed E-state index contributed by atoms with van der Waals surface area (Å²) in [5.74, 6) is -0.798. The number of urea groups is 1. The molecule has 31 heavy (non-hydrogen) atoms. The van der Waals surface area contributed by atoms with Crippen LogP contribution in [0.25, 0.3) is 6.08 Å². The van der Waals surface area contributed by atoms with E-state index in [1.54, 1.807) is 54.6 Å². The summed E-state index contributed by atoms with van der Waals surface area (Å²) in [5.41, 5.74) is 3.09. The first-order chi connectivity index (χ1) is 15.0. The van der Waals surface area contributed by atoms with Crippen molar-refractivity contribution in [1.82, 2.24) is 5.32 Å². The van der Waals surface area contributed by atoms with Crippen molar-refractivity contribution in [3.63, 3.8) is 0 Å². The number of nitrogens with one attached hydrogen (secondary N) is 1. The van der Waals surface area contributed by atoms with Crippen LogP contribution >= 0.6 is 0 Å². The van der Waals surface area contributed by atoms with Crippen LogP contribution in [0.15, 0.2) is 84.4 Å². The number of rotatable bonds is 5. The Kier molecular flexibility index (Phi) is 5.62. The fourth-order valence-corrected chi connectivity index (χ4v) is 3.18. The number of hydrogen-bond acceptors (Lipinski definition) is 4. The molecular formula is C25H20N2O4. The molecule has 0 aliphatic carbocycles. The minimum atomic E-state index is -0.770. The van der Waals surface area contributed by atoms with Gasteiger partial charge in [-0.15, -0.1) is 0 Å². The summed E-state index contributed by atoms with van der Waals surface area (Å²) in [6, 6.07) is 22.8. The summed E-state index contributed by atoms with van der Waals surface area (Å²) in [4.78, 5) is 38.4. The Hall–Kier alpha value is -4.19. The number of imide groups is 2. The fourth-order valence-electron chi connectivity index (χ4n) is 3.18. The molecule has 4 rings (SSSR count). The second-order valence-electron chi connectivity index (χ2n) is 7.14. The van der Waals surface area contributed by atoms with E-state index in [-0.39, 0.29) is 5.57 Å². The molecule has 1 N–H and O–H groups in total. The van der Waals surface area contributed by atoms with Crippen LogP contribution in [0.4, 0.5) is 10.5 Å². The van der Waals surface area contributed by atoms with Gasteiger partial charge in [-0.1, -0.05) is 60.2 Å². The molecule has 6 nitrogen and oxygen atoms in total. The summed E-state index contributed by atoms with van der Waals surface area (Å²) in [6.45, 7) is 2.42. The van der Waals surface area contributed by atoms with Gasteiger partial charge >= 0.3 is 6.03 Å². The van der Waals surface area contributed by atoms with Gasteiger partial charge in [0.05, 0.1) is 5.69 Å². The van der Waals surface area contributed by atoms with Crippen molar-refractivity contribution in [3.05, 3.63) is 101 Å². The molecule has 3 aromatic rings. The lowest BCUT2D eigenvalue weighted by atomic mass is 10.1. The van der Waals surface area contributed by atoms with Crippen molar-refractivity contribution in [2.75, 3.05) is 4.90 Å². The molecule has 3 aromatic carbocycles. The van der Waals surface area contributed by atoms with Gasteiger partial charge in [-0.3, -0.25) is 14.9 Å². The molecule has 0 bridgehead atoms. The first kappa shape index (κ1) is 20.1. The summed E-state index contributed by atoms with van der Waals surface area (Å²) >= 11 is 0. The molecule has 0 aromatic heterocycles. The van der Waals surface area contributed by atoms with E-state index in [0.717, 1.165) is 10.5 Å². The van der Waals surface area contributed by atoms with Crippen molar-refractivity contribution in [2.24, 2.45) is 0 Å².